The fraction of sp³-hybridized carbons (Fsp3) is 0.889. The summed E-state index contributed by atoms with van der Waals surface area (Å²) in [5.41, 5.74) is 0. The van der Waals surface area contributed by atoms with Crippen molar-refractivity contribution in [2.45, 2.75) is 19.6 Å². The van der Waals surface area contributed by atoms with Gasteiger partial charge in [0.15, 0.2) is 8.24 Å². The predicted molar refractivity (Wildman–Crippen MR) is 70.8 cm³/mol. The molecule has 0 atom stereocenters. The Balaban J connectivity index is 4.28. The van der Waals surface area contributed by atoms with Crippen LogP contribution in [0.25, 0.3) is 0 Å². The van der Waals surface area contributed by atoms with E-state index in [1.165, 1.54) is 0 Å². The number of hydrogen-bond acceptors (Lipinski definition) is 2. The van der Waals surface area contributed by atoms with E-state index in [2.05, 4.69) is 60.3 Å². The number of hydrogen-bond donors (Lipinski definition) is 1. The summed E-state index contributed by atoms with van der Waals surface area (Å²) in [5, 5.41) is 0. The molecular weight excluding hydrogens is 196 g/mol. The maximum atomic E-state index is 4.33. The van der Waals surface area contributed by atoms with E-state index in [0.717, 1.165) is 5.88 Å². The first-order chi connectivity index (χ1) is 5.46. The van der Waals surface area contributed by atoms with Gasteiger partial charge in [0.05, 0.1) is 11.9 Å². The molecule has 0 aromatic heterocycles. The summed E-state index contributed by atoms with van der Waals surface area (Å²) < 4.78 is 4.33. The molecule has 0 spiro atoms. The lowest BCUT2D eigenvalue weighted by atomic mass is 11.3. The molecule has 0 fully saturated rings. The lowest BCUT2D eigenvalue weighted by Crippen LogP contribution is -2.16. The number of thiol groups is 1. The molecule has 0 saturated heterocycles. The fourth-order valence-corrected chi connectivity index (χ4v) is 1.50. The van der Waals surface area contributed by atoms with Gasteiger partial charge in [-0.05, 0) is 44.7 Å². The van der Waals surface area contributed by atoms with Crippen LogP contribution in [0.1, 0.15) is 0 Å². The zero-order chi connectivity index (χ0) is 10.8. The number of aliphatic imine (C=N–C) groups is 1. The third-order valence-electron chi connectivity index (χ3n) is 1.09. The molecule has 0 bridgehead atoms. The van der Waals surface area contributed by atoms with E-state index >= 15 is 0 Å². The first-order valence-electron chi connectivity index (χ1n) is 4.59. The second-order valence-electron chi connectivity index (χ2n) is 6.63. The lowest BCUT2D eigenvalue weighted by molar-refractivity contribution is 1.35. The molecule has 0 amide bonds. The molecule has 0 N–H and O–H groups in total. The summed E-state index contributed by atoms with van der Waals surface area (Å²) in [7, 11) is -2.82. The molecule has 80 valence electrons. The van der Waals surface area contributed by atoms with E-state index in [4.69, 9.17) is 0 Å². The average Bonchev–Trinajstić information content (AvgIpc) is 1.74. The van der Waals surface area contributed by atoms with Crippen molar-refractivity contribution in [3.8, 4) is 0 Å². The molecule has 0 aliphatic carbocycles. The monoisotopic (exact) mass is 220 g/mol. The molecule has 0 heterocycles. The third kappa shape index (κ3) is 11.9. The maximum absolute atomic E-state index is 4.33. The zero-order valence-corrected chi connectivity index (χ0v) is 11.9. The highest BCUT2D eigenvalue weighted by Crippen LogP contribution is 2.55. The fourth-order valence-electron chi connectivity index (χ4n) is 0.500. The predicted octanol–water partition coefficient (Wildman–Crippen LogP) is 2.54. The Morgan fingerprint density at radius 3 is 1.85 bits per heavy atom. The Hall–Kier alpha value is -0.0531. The smallest absolute Gasteiger partial charge is 0.186 e. The molecule has 0 radical (unpaired) electrons. The van der Waals surface area contributed by atoms with Crippen molar-refractivity contribution in [2.24, 2.45) is 9.65 Å². The molecule has 4 heteroatoms. The summed E-state index contributed by atoms with van der Waals surface area (Å²) in [5.74, 6) is 0.902. The van der Waals surface area contributed by atoms with E-state index in [1.54, 1.807) is 0 Å². The summed E-state index contributed by atoms with van der Waals surface area (Å²) >= 11 is 0. The van der Waals surface area contributed by atoms with Gasteiger partial charge in [0, 0.05) is 0 Å². The molecule has 0 aliphatic rings. The Morgan fingerprint density at radius 2 is 1.54 bits per heavy atom. The highest BCUT2D eigenvalue weighted by atomic mass is 32.3. The van der Waals surface area contributed by atoms with Gasteiger partial charge in [0.1, 0.15) is 0 Å². The van der Waals surface area contributed by atoms with Gasteiger partial charge in [0.25, 0.3) is 0 Å². The quantitative estimate of drug-likeness (QED) is 0.430. The van der Waals surface area contributed by atoms with Crippen molar-refractivity contribution in [3.63, 3.8) is 0 Å². The topological polar surface area (TPSA) is 24.7 Å². The molecule has 0 unspecified atom stereocenters. The summed E-state index contributed by atoms with van der Waals surface area (Å²) in [4.78, 5) is 4.28. The van der Waals surface area contributed by atoms with Crippen LogP contribution in [0.5, 0.6) is 0 Å². The van der Waals surface area contributed by atoms with Crippen molar-refractivity contribution >= 4 is 23.4 Å². The van der Waals surface area contributed by atoms with Gasteiger partial charge in [0.2, 0.25) is 0 Å². The van der Waals surface area contributed by atoms with Crippen LogP contribution in [-0.4, -0.2) is 45.1 Å². The van der Waals surface area contributed by atoms with Crippen LogP contribution in [0.15, 0.2) is 9.65 Å². The Bertz CT molecular complexity index is 229. The van der Waals surface area contributed by atoms with Gasteiger partial charge in [-0.1, -0.05) is 0 Å². The third-order valence-corrected chi connectivity index (χ3v) is 3.14. The van der Waals surface area contributed by atoms with Crippen molar-refractivity contribution in [1.82, 2.24) is 0 Å². The lowest BCUT2D eigenvalue weighted by Gasteiger charge is -2.44. The molecule has 0 aromatic carbocycles. The zero-order valence-electron chi connectivity index (χ0n) is 10.0. The van der Waals surface area contributed by atoms with Crippen molar-refractivity contribution < 1.29 is 0 Å². The molecular formula is C9H24N2SSi. The van der Waals surface area contributed by atoms with Crippen LogP contribution >= 0.6 is 9.16 Å². The van der Waals surface area contributed by atoms with E-state index in [9.17, 15) is 0 Å². The average molecular weight is 220 g/mol. The number of rotatable bonds is 3. The van der Waals surface area contributed by atoms with E-state index in [0.29, 0.717) is 0 Å². The van der Waals surface area contributed by atoms with E-state index in [-0.39, 0.29) is 0 Å². The van der Waals surface area contributed by atoms with Crippen LogP contribution in [0, 0.1) is 0 Å². The minimum atomic E-state index is -1.48. The Morgan fingerprint density at radius 1 is 1.08 bits per heavy atom. The van der Waals surface area contributed by atoms with Gasteiger partial charge in [-0.25, -0.2) is 4.99 Å². The number of nitrogens with zero attached hydrogens (tertiary/aromatic N) is 2. The van der Waals surface area contributed by atoms with Crippen molar-refractivity contribution in [2.75, 3.05) is 30.9 Å². The molecule has 0 aromatic rings. The molecule has 2 nitrogen and oxygen atoms in total. The highest BCUT2D eigenvalue weighted by molar-refractivity contribution is 8.47. The van der Waals surface area contributed by atoms with Crippen LogP contribution in [0.2, 0.25) is 19.6 Å². The maximum Gasteiger partial charge on any atom is 0.186 e. The SMILES string of the molecule is C[Si](C)(C)N=C=NC[SH](C)(C)(C)C. The first-order valence-corrected chi connectivity index (χ1v) is 12.2. The van der Waals surface area contributed by atoms with Gasteiger partial charge in [-0.15, -0.1) is 0 Å². The van der Waals surface area contributed by atoms with Gasteiger partial charge in [-0.2, -0.15) is 0 Å². The largest absolute Gasteiger partial charge is 0.275 e. The second kappa shape index (κ2) is 3.60. The molecule has 13 heavy (non-hydrogen) atoms. The van der Waals surface area contributed by atoms with Crippen molar-refractivity contribution in [1.29, 1.82) is 0 Å². The first kappa shape index (κ1) is 12.9. The van der Waals surface area contributed by atoms with Gasteiger partial charge >= 0.3 is 0 Å². The second-order valence-corrected chi connectivity index (χ2v) is 19.4. The van der Waals surface area contributed by atoms with Crippen LogP contribution in [-0.2, 0) is 0 Å². The summed E-state index contributed by atoms with van der Waals surface area (Å²) in [6.07, 6.45) is 9.24. The van der Waals surface area contributed by atoms with Crippen LogP contribution in [0.3, 0.4) is 0 Å². The Labute approximate surface area is 83.9 Å². The minimum Gasteiger partial charge on any atom is -0.275 e. The van der Waals surface area contributed by atoms with Crippen LogP contribution in [0.4, 0.5) is 0 Å². The minimum absolute atomic E-state index is 0.902. The molecule has 0 rings (SSSR count). The molecule has 0 aliphatic heterocycles. The highest BCUT2D eigenvalue weighted by Gasteiger charge is 2.17. The van der Waals surface area contributed by atoms with Crippen LogP contribution < -0.4 is 0 Å². The molecule has 0 saturated carbocycles. The normalized spacial score (nSPS) is 15.5. The van der Waals surface area contributed by atoms with Crippen molar-refractivity contribution in [3.05, 3.63) is 0 Å². The van der Waals surface area contributed by atoms with Gasteiger partial charge < -0.3 is 0 Å². The van der Waals surface area contributed by atoms with Gasteiger partial charge in [-0.3, -0.25) is 13.8 Å². The van der Waals surface area contributed by atoms with E-state index in [1.807, 2.05) is 0 Å². The Kier molecular flexibility index (Phi) is 3.58. The standard InChI is InChI=1S/C9H24N2SSi/c1-12(2,3,4)9-10-8-11-13(5,6)7/h12H,9H2,1-7H3. The summed E-state index contributed by atoms with van der Waals surface area (Å²) in [6, 6.07) is 2.85. The van der Waals surface area contributed by atoms with E-state index < -0.39 is 17.4 Å². The summed E-state index contributed by atoms with van der Waals surface area (Å²) in [6.45, 7) is 6.56.